The summed E-state index contributed by atoms with van der Waals surface area (Å²) < 4.78 is 48.2. The van der Waals surface area contributed by atoms with Crippen LogP contribution in [0.25, 0.3) is 11.0 Å². The number of aromatic nitrogens is 2. The van der Waals surface area contributed by atoms with Gasteiger partial charge >= 0.3 is 0 Å². The highest BCUT2D eigenvalue weighted by Gasteiger charge is 2.50. The minimum absolute atomic E-state index is 0.108. The van der Waals surface area contributed by atoms with Gasteiger partial charge in [0.05, 0.1) is 40.3 Å². The van der Waals surface area contributed by atoms with Crippen LogP contribution in [0.4, 0.5) is 28.4 Å². The van der Waals surface area contributed by atoms with Gasteiger partial charge in [-0.2, -0.15) is 4.98 Å². The Morgan fingerprint density at radius 3 is 2.60 bits per heavy atom. The van der Waals surface area contributed by atoms with Gasteiger partial charge in [0.2, 0.25) is 5.88 Å². The number of nitro groups is 1. The molecular formula is C51H56N8O8S. The lowest BCUT2D eigenvalue weighted by atomic mass is 9.59. The molecule has 1 saturated carbocycles. The molecule has 354 valence electrons. The molecule has 0 unspecified atom stereocenters. The van der Waals surface area contributed by atoms with E-state index in [0.717, 1.165) is 74.4 Å². The van der Waals surface area contributed by atoms with Gasteiger partial charge < -0.3 is 34.3 Å². The molecule has 16 nitrogen and oxygen atoms in total. The van der Waals surface area contributed by atoms with Crippen LogP contribution in [0.15, 0.2) is 83.9 Å². The lowest BCUT2D eigenvalue weighted by Gasteiger charge is -2.56. The Bertz CT molecular complexity index is 2930. The normalized spacial score (nSPS) is 22.8. The minimum Gasteiger partial charge on any atom is -0.468 e. The summed E-state index contributed by atoms with van der Waals surface area (Å²) in [5.41, 5.74) is 5.33. The molecule has 3 atom stereocenters. The molecule has 5 aromatic rings. The molecule has 0 bridgehead atoms. The van der Waals surface area contributed by atoms with Crippen molar-refractivity contribution in [2.45, 2.75) is 87.4 Å². The lowest BCUT2D eigenvalue weighted by molar-refractivity contribution is -0.384. The van der Waals surface area contributed by atoms with Crippen molar-refractivity contribution >= 4 is 55.4 Å². The van der Waals surface area contributed by atoms with Gasteiger partial charge in [-0.3, -0.25) is 19.8 Å². The van der Waals surface area contributed by atoms with E-state index in [1.807, 2.05) is 36.1 Å². The Morgan fingerprint density at radius 1 is 0.971 bits per heavy atom. The summed E-state index contributed by atoms with van der Waals surface area (Å²) in [5.74, 6) is 6.21. The fraction of sp³-hybridized carbons (Fsp3) is 0.451. The number of carbonyl (C=O) groups is 1. The zero-order chi connectivity index (χ0) is 46.6. The van der Waals surface area contributed by atoms with Crippen LogP contribution in [0.5, 0.6) is 5.88 Å². The zero-order valence-corrected chi connectivity index (χ0v) is 38.9. The van der Waals surface area contributed by atoms with Gasteiger partial charge in [-0.25, -0.2) is 13.1 Å². The second-order valence-corrected chi connectivity index (χ2v) is 21.0. The standard InChI is InChI=1S/C51H56N8O8S/c1-2-6-34-7-3-4-8-39(34)42-9-5-20-57(42)37-28-51(29-37)17-21-56(22-18-51)36-10-12-40(43(26-36)58-45-25-35-14-19-52-48(35)54-50(45)67-47-32-66-31-46(47)58)49(60)55-68(63,64)38-11-13-41(44(27-38)59(61)62)53-30-33-15-23-65-24-16-33/h3-4,7-8,10-14,19,25-27,33,37,42,46-47,53H,5,9,15-18,20-24,28-32H2,1H3,(H,52,54)(H,55,60)/t42-,46+,47+/m0/s1. The van der Waals surface area contributed by atoms with E-state index in [1.54, 1.807) is 12.3 Å². The average Bonchev–Trinajstić information content (AvgIpc) is 4.13. The Kier molecular flexibility index (Phi) is 11.8. The molecule has 1 spiro atoms. The van der Waals surface area contributed by atoms with Crippen molar-refractivity contribution in [3.63, 3.8) is 0 Å². The second-order valence-electron chi connectivity index (χ2n) is 19.3. The summed E-state index contributed by atoms with van der Waals surface area (Å²) in [6.07, 6.45) is 9.82. The number of likely N-dealkylation sites (tertiary alicyclic amines) is 1. The molecule has 68 heavy (non-hydrogen) atoms. The van der Waals surface area contributed by atoms with E-state index in [-0.39, 0.29) is 28.6 Å². The number of fused-ring (bicyclic) bond motifs is 3. The van der Waals surface area contributed by atoms with Crippen molar-refractivity contribution < 1.29 is 32.3 Å². The largest absolute Gasteiger partial charge is 0.468 e. The molecule has 5 fully saturated rings. The summed E-state index contributed by atoms with van der Waals surface area (Å²) in [4.78, 5) is 40.9. The number of piperidine rings is 1. The number of carbonyl (C=O) groups excluding carboxylic acids is 1. The number of ether oxygens (including phenoxy) is 3. The van der Waals surface area contributed by atoms with Crippen molar-refractivity contribution in [1.29, 1.82) is 0 Å². The second kappa shape index (κ2) is 18.0. The van der Waals surface area contributed by atoms with E-state index in [2.05, 4.69) is 60.9 Å². The van der Waals surface area contributed by atoms with E-state index in [0.29, 0.717) is 68.0 Å². The van der Waals surface area contributed by atoms with Crippen LogP contribution in [0.2, 0.25) is 0 Å². The number of hydrogen-bond donors (Lipinski definition) is 3. The molecule has 6 aliphatic rings. The van der Waals surface area contributed by atoms with Crippen LogP contribution in [-0.4, -0.2) is 105 Å². The number of amides is 1. The summed E-state index contributed by atoms with van der Waals surface area (Å²) in [5, 5.41) is 16.2. The molecule has 1 amide bonds. The maximum absolute atomic E-state index is 14.6. The van der Waals surface area contributed by atoms with Crippen LogP contribution in [0.3, 0.4) is 0 Å². The van der Waals surface area contributed by atoms with Crippen molar-refractivity contribution in [3.05, 3.63) is 106 Å². The first-order valence-electron chi connectivity index (χ1n) is 23.9. The Morgan fingerprint density at radius 2 is 1.79 bits per heavy atom. The highest BCUT2D eigenvalue weighted by Crippen LogP contribution is 2.54. The van der Waals surface area contributed by atoms with E-state index in [9.17, 15) is 23.3 Å². The summed E-state index contributed by atoms with van der Waals surface area (Å²) >= 11 is 0. The highest BCUT2D eigenvalue weighted by molar-refractivity contribution is 7.90. The number of sulfonamides is 1. The average molecular weight is 941 g/mol. The predicted octanol–water partition coefficient (Wildman–Crippen LogP) is 7.68. The van der Waals surface area contributed by atoms with Gasteiger partial charge in [-0.15, -0.1) is 5.92 Å². The summed E-state index contributed by atoms with van der Waals surface area (Å²) in [6.45, 7) is 7.04. The van der Waals surface area contributed by atoms with Crippen molar-refractivity contribution in [2.75, 3.05) is 67.7 Å². The third-order valence-electron chi connectivity index (χ3n) is 15.3. The molecule has 11 rings (SSSR count). The molecular weight excluding hydrogens is 885 g/mol. The quantitative estimate of drug-likeness (QED) is 0.0666. The number of rotatable bonds is 11. The number of pyridine rings is 1. The molecule has 4 saturated heterocycles. The molecule has 0 radical (unpaired) electrons. The van der Waals surface area contributed by atoms with Crippen LogP contribution >= 0.6 is 0 Å². The highest BCUT2D eigenvalue weighted by atomic mass is 32.2. The van der Waals surface area contributed by atoms with Gasteiger partial charge in [-0.05, 0) is 130 Å². The van der Waals surface area contributed by atoms with Gasteiger partial charge in [-0.1, -0.05) is 24.1 Å². The van der Waals surface area contributed by atoms with Crippen molar-refractivity contribution in [2.24, 2.45) is 11.3 Å². The van der Waals surface area contributed by atoms with Gasteiger partial charge in [0.15, 0.2) is 0 Å². The fourth-order valence-corrected chi connectivity index (χ4v) is 12.7. The minimum atomic E-state index is -4.59. The third kappa shape index (κ3) is 8.31. The number of H-pyrrole nitrogens is 1. The number of aromatic amines is 1. The van der Waals surface area contributed by atoms with Crippen molar-refractivity contribution in [1.82, 2.24) is 19.6 Å². The summed E-state index contributed by atoms with van der Waals surface area (Å²) in [7, 11) is -4.59. The van der Waals surface area contributed by atoms with E-state index >= 15 is 0 Å². The first-order valence-corrected chi connectivity index (χ1v) is 25.4. The molecule has 3 N–H and O–H groups in total. The molecule has 5 aliphatic heterocycles. The number of nitrogens with one attached hydrogen (secondary N) is 3. The fourth-order valence-electron chi connectivity index (χ4n) is 11.7. The first kappa shape index (κ1) is 44.3. The van der Waals surface area contributed by atoms with E-state index in [1.165, 1.54) is 37.0 Å². The van der Waals surface area contributed by atoms with Gasteiger partial charge in [0, 0.05) is 73.8 Å². The number of hydrogen-bond acceptors (Lipinski definition) is 13. The number of benzene rings is 3. The maximum atomic E-state index is 14.6. The topological polar surface area (TPSA) is 184 Å². The maximum Gasteiger partial charge on any atom is 0.293 e. The third-order valence-corrected chi connectivity index (χ3v) is 16.6. The van der Waals surface area contributed by atoms with Gasteiger partial charge in [0.1, 0.15) is 23.1 Å². The van der Waals surface area contributed by atoms with Crippen LogP contribution in [-0.2, 0) is 19.5 Å². The van der Waals surface area contributed by atoms with E-state index < -0.39 is 37.5 Å². The number of anilines is 4. The molecule has 3 aromatic carbocycles. The first-order chi connectivity index (χ1) is 33.1. The molecule has 2 aromatic heterocycles. The van der Waals surface area contributed by atoms with Gasteiger partial charge in [0.25, 0.3) is 21.6 Å². The lowest BCUT2D eigenvalue weighted by Crippen LogP contribution is -2.55. The Hall–Kier alpha value is -6.19. The smallest absolute Gasteiger partial charge is 0.293 e. The number of nitro benzene ring substituents is 1. The molecule has 17 heteroatoms. The molecule has 7 heterocycles. The monoisotopic (exact) mass is 940 g/mol. The van der Waals surface area contributed by atoms with Crippen LogP contribution in [0, 0.1) is 33.3 Å². The SMILES string of the molecule is CC#Cc1ccccc1[C@@H]1CCCN1C1CC2(CCN(c3ccc(C(=O)NS(=O)(=O)c4ccc(NCC5CCOCC5)c([N+](=O)[O-])c4)c(N4c5cc6cc[nH]c6nc5O[C@@H]5COC[C@H]54)c3)CC2)C1. The van der Waals surface area contributed by atoms with Crippen molar-refractivity contribution in [3.8, 4) is 17.7 Å². The Labute approximate surface area is 395 Å². The van der Waals surface area contributed by atoms with Crippen LogP contribution in [0.1, 0.15) is 85.8 Å². The Balaban J connectivity index is 0.865. The summed E-state index contributed by atoms with van der Waals surface area (Å²) in [6, 6.07) is 22.3. The number of nitrogens with zero attached hydrogens (tertiary/aromatic N) is 5. The molecule has 1 aliphatic carbocycles. The zero-order valence-electron chi connectivity index (χ0n) is 38.1. The predicted molar refractivity (Wildman–Crippen MR) is 258 cm³/mol. The van der Waals surface area contributed by atoms with Crippen LogP contribution < -0.4 is 24.6 Å². The van der Waals surface area contributed by atoms with E-state index in [4.69, 9.17) is 19.2 Å².